The molecule has 2 amide bonds. The van der Waals surface area contributed by atoms with Crippen molar-refractivity contribution in [2.45, 2.75) is 13.0 Å². The molecule has 0 aromatic heterocycles. The largest absolute Gasteiger partial charge is 0.489 e. The predicted octanol–water partition coefficient (Wildman–Crippen LogP) is 3.24. The van der Waals surface area contributed by atoms with Gasteiger partial charge in [-0.2, -0.15) is 0 Å². The molecule has 1 saturated heterocycles. The summed E-state index contributed by atoms with van der Waals surface area (Å²) in [5.41, 5.74) is 1.79. The Morgan fingerprint density at radius 2 is 1.92 bits per heavy atom. The minimum atomic E-state index is -0.323. The standard InChI is InChI=1S/C21H22N2O3/c1-2-12-23-14-17(13-20(23)24)21(25)22-18-8-10-19(11-9-18)26-15-16-6-4-3-5-7-16/h2-11,17H,1,12-15H2,(H,22,25). The lowest BCUT2D eigenvalue weighted by molar-refractivity contribution is -0.127. The molecular weight excluding hydrogens is 328 g/mol. The van der Waals surface area contributed by atoms with Crippen LogP contribution in [-0.2, 0) is 16.2 Å². The van der Waals surface area contributed by atoms with Crippen molar-refractivity contribution in [3.63, 3.8) is 0 Å². The monoisotopic (exact) mass is 350 g/mol. The topological polar surface area (TPSA) is 58.6 Å². The van der Waals surface area contributed by atoms with E-state index >= 15 is 0 Å². The Kier molecular flexibility index (Phi) is 5.69. The first kappa shape index (κ1) is 17.7. The van der Waals surface area contributed by atoms with Crippen molar-refractivity contribution < 1.29 is 14.3 Å². The summed E-state index contributed by atoms with van der Waals surface area (Å²) in [4.78, 5) is 25.9. The molecule has 3 rings (SSSR count). The van der Waals surface area contributed by atoms with E-state index in [2.05, 4.69) is 11.9 Å². The maximum atomic E-state index is 12.4. The summed E-state index contributed by atoms with van der Waals surface area (Å²) in [7, 11) is 0. The van der Waals surface area contributed by atoms with Gasteiger partial charge in [0.25, 0.3) is 0 Å². The second-order valence-corrected chi connectivity index (χ2v) is 6.28. The quantitative estimate of drug-likeness (QED) is 0.780. The number of benzene rings is 2. The third kappa shape index (κ3) is 4.51. The molecule has 2 aromatic carbocycles. The second-order valence-electron chi connectivity index (χ2n) is 6.28. The molecule has 1 unspecified atom stereocenters. The van der Waals surface area contributed by atoms with Gasteiger partial charge >= 0.3 is 0 Å². The number of nitrogens with one attached hydrogen (secondary N) is 1. The van der Waals surface area contributed by atoms with Gasteiger partial charge in [0.05, 0.1) is 5.92 Å². The molecule has 1 fully saturated rings. The van der Waals surface area contributed by atoms with Crippen molar-refractivity contribution in [1.82, 2.24) is 4.90 Å². The molecule has 1 atom stereocenters. The van der Waals surface area contributed by atoms with Gasteiger partial charge < -0.3 is 15.0 Å². The minimum absolute atomic E-state index is 0.00490. The lowest BCUT2D eigenvalue weighted by atomic mass is 10.1. The molecule has 1 aliphatic rings. The van der Waals surface area contributed by atoms with Crippen LogP contribution in [0.4, 0.5) is 5.69 Å². The SMILES string of the molecule is C=CCN1CC(C(=O)Nc2ccc(OCc3ccccc3)cc2)CC1=O. The summed E-state index contributed by atoms with van der Waals surface area (Å²) in [6, 6.07) is 17.2. The fraction of sp³-hybridized carbons (Fsp3) is 0.238. The van der Waals surface area contributed by atoms with E-state index in [9.17, 15) is 9.59 Å². The number of hydrogen-bond donors (Lipinski definition) is 1. The highest BCUT2D eigenvalue weighted by Gasteiger charge is 2.33. The molecule has 0 aliphatic carbocycles. The molecule has 0 radical (unpaired) electrons. The summed E-state index contributed by atoms with van der Waals surface area (Å²) >= 11 is 0. The van der Waals surface area contributed by atoms with Crippen LogP contribution in [0.25, 0.3) is 0 Å². The van der Waals surface area contributed by atoms with Crippen LogP contribution in [0.1, 0.15) is 12.0 Å². The molecule has 26 heavy (non-hydrogen) atoms. The van der Waals surface area contributed by atoms with Crippen molar-refractivity contribution >= 4 is 17.5 Å². The van der Waals surface area contributed by atoms with E-state index in [1.54, 1.807) is 23.1 Å². The van der Waals surface area contributed by atoms with Crippen LogP contribution in [0.15, 0.2) is 67.3 Å². The van der Waals surface area contributed by atoms with Gasteiger partial charge in [-0.05, 0) is 29.8 Å². The van der Waals surface area contributed by atoms with Crippen LogP contribution in [0.2, 0.25) is 0 Å². The summed E-state index contributed by atoms with van der Waals surface area (Å²) in [6.07, 6.45) is 1.92. The lowest BCUT2D eigenvalue weighted by Gasteiger charge is -2.14. The zero-order chi connectivity index (χ0) is 18.4. The van der Waals surface area contributed by atoms with E-state index in [0.717, 1.165) is 11.3 Å². The van der Waals surface area contributed by atoms with Crippen molar-refractivity contribution in [3.8, 4) is 5.75 Å². The smallest absolute Gasteiger partial charge is 0.229 e. The number of ether oxygens (including phenoxy) is 1. The van der Waals surface area contributed by atoms with Gasteiger partial charge in [0.2, 0.25) is 11.8 Å². The van der Waals surface area contributed by atoms with Crippen molar-refractivity contribution in [1.29, 1.82) is 0 Å². The van der Waals surface area contributed by atoms with Gasteiger partial charge in [0, 0.05) is 25.2 Å². The maximum Gasteiger partial charge on any atom is 0.229 e. The number of nitrogens with zero attached hydrogens (tertiary/aromatic N) is 1. The first-order chi connectivity index (χ1) is 12.7. The molecule has 1 N–H and O–H groups in total. The highest BCUT2D eigenvalue weighted by atomic mass is 16.5. The number of anilines is 1. The lowest BCUT2D eigenvalue weighted by Crippen LogP contribution is -2.28. The van der Waals surface area contributed by atoms with E-state index in [0.29, 0.717) is 25.4 Å². The fourth-order valence-electron chi connectivity index (χ4n) is 2.90. The molecule has 0 saturated carbocycles. The van der Waals surface area contributed by atoms with Gasteiger partial charge in [-0.15, -0.1) is 6.58 Å². The van der Waals surface area contributed by atoms with Gasteiger partial charge in [-0.3, -0.25) is 9.59 Å². The van der Waals surface area contributed by atoms with Crippen molar-refractivity contribution in [2.24, 2.45) is 5.92 Å². The van der Waals surface area contributed by atoms with Crippen LogP contribution >= 0.6 is 0 Å². The molecule has 5 heteroatoms. The number of likely N-dealkylation sites (tertiary alicyclic amines) is 1. The van der Waals surface area contributed by atoms with Crippen LogP contribution in [0.5, 0.6) is 5.75 Å². The van der Waals surface area contributed by atoms with E-state index < -0.39 is 0 Å². The third-order valence-corrected chi connectivity index (χ3v) is 4.30. The number of rotatable bonds is 7. The Labute approximate surface area is 153 Å². The molecule has 5 nitrogen and oxygen atoms in total. The Bertz CT molecular complexity index is 772. The van der Waals surface area contributed by atoms with E-state index in [-0.39, 0.29) is 24.2 Å². The van der Waals surface area contributed by atoms with Gasteiger partial charge in [0.1, 0.15) is 12.4 Å². The van der Waals surface area contributed by atoms with Crippen LogP contribution in [-0.4, -0.2) is 29.8 Å². The zero-order valence-corrected chi connectivity index (χ0v) is 14.6. The van der Waals surface area contributed by atoms with E-state index in [4.69, 9.17) is 4.74 Å². The Hall–Kier alpha value is -3.08. The van der Waals surface area contributed by atoms with Crippen molar-refractivity contribution in [2.75, 3.05) is 18.4 Å². The molecule has 2 aromatic rings. The normalized spacial score (nSPS) is 16.4. The van der Waals surface area contributed by atoms with E-state index in [1.807, 2.05) is 42.5 Å². The number of carbonyl (C=O) groups is 2. The van der Waals surface area contributed by atoms with E-state index in [1.165, 1.54) is 0 Å². The van der Waals surface area contributed by atoms with Gasteiger partial charge in [-0.25, -0.2) is 0 Å². The first-order valence-electron chi connectivity index (χ1n) is 8.62. The maximum absolute atomic E-state index is 12.4. The molecular formula is C21H22N2O3. The fourth-order valence-corrected chi connectivity index (χ4v) is 2.90. The average Bonchev–Trinajstić information content (AvgIpc) is 3.03. The minimum Gasteiger partial charge on any atom is -0.489 e. The molecule has 0 bridgehead atoms. The highest BCUT2D eigenvalue weighted by Crippen LogP contribution is 2.21. The van der Waals surface area contributed by atoms with Gasteiger partial charge in [-0.1, -0.05) is 36.4 Å². The van der Waals surface area contributed by atoms with Crippen molar-refractivity contribution in [3.05, 3.63) is 72.8 Å². The first-order valence-corrected chi connectivity index (χ1v) is 8.62. The zero-order valence-electron chi connectivity index (χ0n) is 14.6. The van der Waals surface area contributed by atoms with Crippen LogP contribution < -0.4 is 10.1 Å². The molecule has 134 valence electrons. The number of hydrogen-bond acceptors (Lipinski definition) is 3. The number of carbonyl (C=O) groups excluding carboxylic acids is 2. The molecule has 1 aliphatic heterocycles. The second kappa shape index (κ2) is 8.34. The predicted molar refractivity (Wildman–Crippen MR) is 101 cm³/mol. The Balaban J connectivity index is 1.52. The molecule has 1 heterocycles. The Morgan fingerprint density at radius 3 is 2.62 bits per heavy atom. The van der Waals surface area contributed by atoms with Gasteiger partial charge in [0.15, 0.2) is 0 Å². The third-order valence-electron chi connectivity index (χ3n) is 4.30. The van der Waals surface area contributed by atoms with Crippen LogP contribution in [0.3, 0.4) is 0 Å². The summed E-state index contributed by atoms with van der Waals surface area (Å²) in [5.74, 6) is 0.272. The Morgan fingerprint density at radius 1 is 1.19 bits per heavy atom. The van der Waals surface area contributed by atoms with Crippen LogP contribution in [0, 0.1) is 5.92 Å². The summed E-state index contributed by atoms with van der Waals surface area (Å²) < 4.78 is 5.73. The summed E-state index contributed by atoms with van der Waals surface area (Å²) in [5, 5.41) is 2.87. The summed E-state index contributed by atoms with van der Waals surface area (Å²) in [6.45, 7) is 5.05. The number of amides is 2. The average molecular weight is 350 g/mol. The molecule has 0 spiro atoms. The highest BCUT2D eigenvalue weighted by molar-refractivity contribution is 5.97.